The van der Waals surface area contributed by atoms with Gasteiger partial charge in [0, 0.05) is 12.6 Å². The summed E-state index contributed by atoms with van der Waals surface area (Å²) in [5.41, 5.74) is 3.64. The number of rotatable bonds is 6. The van der Waals surface area contributed by atoms with Crippen LogP contribution in [0.5, 0.6) is 5.75 Å². The fraction of sp³-hybridized carbons (Fsp3) is 0.385. The first-order chi connectivity index (χ1) is 8.77. The van der Waals surface area contributed by atoms with Crippen LogP contribution in [0.3, 0.4) is 0 Å². The zero-order valence-corrected chi connectivity index (χ0v) is 11.6. The van der Waals surface area contributed by atoms with Crippen molar-refractivity contribution in [3.8, 4) is 5.75 Å². The van der Waals surface area contributed by atoms with Crippen LogP contribution in [0.15, 0.2) is 29.4 Å². The van der Waals surface area contributed by atoms with E-state index in [0.29, 0.717) is 5.11 Å². The van der Waals surface area contributed by atoms with Crippen molar-refractivity contribution in [3.63, 3.8) is 0 Å². The molecule has 0 heterocycles. The van der Waals surface area contributed by atoms with E-state index in [1.54, 1.807) is 13.3 Å². The van der Waals surface area contributed by atoms with E-state index in [1.165, 1.54) is 0 Å². The van der Waals surface area contributed by atoms with Crippen LogP contribution in [0.4, 0.5) is 0 Å². The van der Waals surface area contributed by atoms with Gasteiger partial charge in [-0.25, -0.2) is 0 Å². The van der Waals surface area contributed by atoms with E-state index in [2.05, 4.69) is 22.8 Å². The lowest BCUT2D eigenvalue weighted by Crippen LogP contribution is -2.28. The molecule has 18 heavy (non-hydrogen) atoms. The van der Waals surface area contributed by atoms with Crippen molar-refractivity contribution in [1.82, 2.24) is 10.7 Å². The Bertz CT molecular complexity index is 407. The Morgan fingerprint density at radius 1 is 1.44 bits per heavy atom. The second-order valence-electron chi connectivity index (χ2n) is 3.69. The highest BCUT2D eigenvalue weighted by Crippen LogP contribution is 2.16. The van der Waals surface area contributed by atoms with Crippen LogP contribution >= 0.6 is 12.2 Å². The fourth-order valence-electron chi connectivity index (χ4n) is 1.26. The zero-order valence-electron chi connectivity index (χ0n) is 10.8. The van der Waals surface area contributed by atoms with Crippen molar-refractivity contribution in [3.05, 3.63) is 29.8 Å². The van der Waals surface area contributed by atoms with E-state index < -0.39 is 0 Å². The summed E-state index contributed by atoms with van der Waals surface area (Å²) in [6, 6.07) is 7.79. The van der Waals surface area contributed by atoms with Gasteiger partial charge in [-0.05, 0) is 30.8 Å². The van der Waals surface area contributed by atoms with Crippen molar-refractivity contribution in [1.29, 1.82) is 0 Å². The van der Waals surface area contributed by atoms with Crippen LogP contribution < -0.4 is 15.5 Å². The number of hydrogen-bond donors (Lipinski definition) is 2. The average Bonchev–Trinajstić information content (AvgIpc) is 2.40. The molecule has 2 N–H and O–H groups in total. The van der Waals surface area contributed by atoms with Crippen LogP contribution in [0.2, 0.25) is 0 Å². The molecule has 1 aromatic carbocycles. The number of hydrazone groups is 1. The van der Waals surface area contributed by atoms with Crippen molar-refractivity contribution in [2.24, 2.45) is 5.10 Å². The molecule has 0 amide bonds. The summed E-state index contributed by atoms with van der Waals surface area (Å²) in [6.07, 6.45) is 3.87. The molecule has 0 aliphatic carbocycles. The summed E-state index contributed by atoms with van der Waals surface area (Å²) in [6.45, 7) is 2.86. The second kappa shape index (κ2) is 8.47. The van der Waals surface area contributed by atoms with Gasteiger partial charge in [-0.15, -0.1) is 0 Å². The van der Waals surface area contributed by atoms with Gasteiger partial charge < -0.3 is 10.1 Å². The standard InChI is InChI=1S/C13H19N3OS/c1-3-4-9-17-12-8-6-5-7-11(12)10-15-16-13(18)14-2/h5-8,10H,3-4,9H2,1-2H3,(H2,14,16,18). The van der Waals surface area contributed by atoms with Gasteiger partial charge in [0.25, 0.3) is 0 Å². The highest BCUT2D eigenvalue weighted by atomic mass is 32.1. The predicted octanol–water partition coefficient (Wildman–Crippen LogP) is 2.29. The second-order valence-corrected chi connectivity index (χ2v) is 4.10. The molecule has 98 valence electrons. The van der Waals surface area contributed by atoms with Gasteiger partial charge in [0.2, 0.25) is 0 Å². The minimum Gasteiger partial charge on any atom is -0.493 e. The lowest BCUT2D eigenvalue weighted by atomic mass is 10.2. The number of para-hydroxylation sites is 1. The topological polar surface area (TPSA) is 45.6 Å². The highest BCUT2D eigenvalue weighted by molar-refractivity contribution is 7.80. The molecule has 0 unspecified atom stereocenters. The van der Waals surface area contributed by atoms with Gasteiger partial charge in [0.05, 0.1) is 12.8 Å². The fourth-order valence-corrected chi connectivity index (χ4v) is 1.31. The first kappa shape index (κ1) is 14.4. The molecule has 1 rings (SSSR count). The highest BCUT2D eigenvalue weighted by Gasteiger charge is 1.99. The number of unbranched alkanes of at least 4 members (excludes halogenated alkanes) is 1. The van der Waals surface area contributed by atoms with Gasteiger partial charge in [-0.2, -0.15) is 5.10 Å². The van der Waals surface area contributed by atoms with Crippen molar-refractivity contribution in [2.45, 2.75) is 19.8 Å². The molecule has 0 saturated heterocycles. The zero-order chi connectivity index (χ0) is 13.2. The van der Waals surface area contributed by atoms with Gasteiger partial charge in [0.1, 0.15) is 5.75 Å². The summed E-state index contributed by atoms with van der Waals surface area (Å²) in [7, 11) is 1.74. The lowest BCUT2D eigenvalue weighted by molar-refractivity contribution is 0.309. The summed E-state index contributed by atoms with van der Waals surface area (Å²) in [4.78, 5) is 0. The van der Waals surface area contributed by atoms with Gasteiger partial charge in [0.15, 0.2) is 5.11 Å². The van der Waals surface area contributed by atoms with Crippen LogP contribution in [0.1, 0.15) is 25.3 Å². The number of nitrogens with one attached hydrogen (secondary N) is 2. The molecule has 0 atom stereocenters. The largest absolute Gasteiger partial charge is 0.493 e. The molecule has 0 aliphatic heterocycles. The molecular formula is C13H19N3OS. The summed E-state index contributed by atoms with van der Waals surface area (Å²) >= 11 is 4.92. The molecule has 4 nitrogen and oxygen atoms in total. The monoisotopic (exact) mass is 265 g/mol. The maximum atomic E-state index is 5.69. The van der Waals surface area contributed by atoms with Crippen molar-refractivity contribution >= 4 is 23.5 Å². The Morgan fingerprint density at radius 2 is 2.22 bits per heavy atom. The maximum absolute atomic E-state index is 5.69. The van der Waals surface area contributed by atoms with E-state index in [-0.39, 0.29) is 0 Å². The predicted molar refractivity (Wildman–Crippen MR) is 79.2 cm³/mol. The average molecular weight is 265 g/mol. The Hall–Kier alpha value is -1.62. The summed E-state index contributed by atoms with van der Waals surface area (Å²) in [5.74, 6) is 0.840. The van der Waals surface area contributed by atoms with Crippen LogP contribution in [0.25, 0.3) is 0 Å². The van der Waals surface area contributed by atoms with Gasteiger partial charge >= 0.3 is 0 Å². The molecule has 0 aromatic heterocycles. The minimum atomic E-state index is 0.482. The van der Waals surface area contributed by atoms with E-state index in [9.17, 15) is 0 Å². The van der Waals surface area contributed by atoms with E-state index in [0.717, 1.165) is 30.8 Å². The number of hydrogen-bond acceptors (Lipinski definition) is 3. The number of nitrogens with zero attached hydrogens (tertiary/aromatic N) is 1. The summed E-state index contributed by atoms with van der Waals surface area (Å²) in [5, 5.41) is 7.31. The SMILES string of the molecule is CCCCOc1ccccc1C=NNC(=S)NC. The first-order valence-electron chi connectivity index (χ1n) is 6.00. The normalized spacial score (nSPS) is 10.3. The molecule has 1 aromatic rings. The molecule has 0 fully saturated rings. The number of ether oxygens (including phenoxy) is 1. The van der Waals surface area contributed by atoms with Gasteiger partial charge in [-0.1, -0.05) is 25.5 Å². The molecule has 0 saturated carbocycles. The van der Waals surface area contributed by atoms with E-state index in [4.69, 9.17) is 17.0 Å². The van der Waals surface area contributed by atoms with Crippen molar-refractivity contribution in [2.75, 3.05) is 13.7 Å². The van der Waals surface area contributed by atoms with E-state index in [1.807, 2.05) is 24.3 Å². The molecule has 0 spiro atoms. The Morgan fingerprint density at radius 3 is 2.94 bits per heavy atom. The number of thiocarbonyl (C=S) groups is 1. The Labute approximate surface area is 113 Å². The smallest absolute Gasteiger partial charge is 0.186 e. The van der Waals surface area contributed by atoms with Crippen molar-refractivity contribution < 1.29 is 4.74 Å². The first-order valence-corrected chi connectivity index (χ1v) is 6.41. The summed E-state index contributed by atoms with van der Waals surface area (Å²) < 4.78 is 5.69. The minimum absolute atomic E-state index is 0.482. The molecule has 0 radical (unpaired) electrons. The molecule has 0 aliphatic rings. The third-order valence-electron chi connectivity index (χ3n) is 2.27. The molecule has 0 bridgehead atoms. The number of benzene rings is 1. The van der Waals surface area contributed by atoms with Crippen LogP contribution in [-0.2, 0) is 0 Å². The van der Waals surface area contributed by atoms with Gasteiger partial charge in [-0.3, -0.25) is 5.43 Å². The Kier molecular flexibility index (Phi) is 6.79. The van der Waals surface area contributed by atoms with Crippen LogP contribution in [0, 0.1) is 0 Å². The van der Waals surface area contributed by atoms with Crippen LogP contribution in [-0.4, -0.2) is 25.0 Å². The third kappa shape index (κ3) is 5.14. The Balaban J connectivity index is 2.60. The quantitative estimate of drug-likeness (QED) is 0.358. The molecule has 5 heteroatoms. The molecular weight excluding hydrogens is 246 g/mol. The maximum Gasteiger partial charge on any atom is 0.186 e. The van der Waals surface area contributed by atoms with E-state index >= 15 is 0 Å². The lowest BCUT2D eigenvalue weighted by Gasteiger charge is -2.08. The third-order valence-corrected chi connectivity index (χ3v) is 2.57.